The Labute approximate surface area is 99.3 Å². The molecule has 1 heterocycles. The molecule has 0 aromatic carbocycles. The third-order valence-electron chi connectivity index (χ3n) is 6.13. The number of hydrazine groups is 1. The summed E-state index contributed by atoms with van der Waals surface area (Å²) in [5.41, 5.74) is 3.99. The maximum atomic E-state index is 11.9. The molecule has 2 saturated carbocycles. The second kappa shape index (κ2) is 2.57. The van der Waals surface area contributed by atoms with Crippen LogP contribution >= 0.6 is 0 Å². The Bertz CT molecular complexity index is 440. The van der Waals surface area contributed by atoms with Gasteiger partial charge in [-0.2, -0.15) is 0 Å². The number of carbonyl (C=O) groups excluding carboxylic acids is 1. The van der Waals surface area contributed by atoms with Crippen LogP contribution in [0.3, 0.4) is 0 Å². The van der Waals surface area contributed by atoms with Gasteiger partial charge in [-0.05, 0) is 25.2 Å². The third-order valence-corrected chi connectivity index (χ3v) is 6.13. The molecule has 1 amide bonds. The van der Waals surface area contributed by atoms with E-state index in [4.69, 9.17) is 5.73 Å². The molecule has 6 heteroatoms. The minimum atomic E-state index is -1.06. The average molecular weight is 239 g/mol. The average Bonchev–Trinajstić information content (AvgIpc) is 2.68. The molecule has 17 heavy (non-hydrogen) atoms. The summed E-state index contributed by atoms with van der Waals surface area (Å²) < 4.78 is 0. The van der Waals surface area contributed by atoms with Crippen molar-refractivity contribution in [3.63, 3.8) is 0 Å². The van der Waals surface area contributed by atoms with Crippen LogP contribution < -0.4 is 5.73 Å². The van der Waals surface area contributed by atoms with E-state index in [0.717, 1.165) is 17.9 Å². The number of nitrogens with two attached hydrogens (primary N) is 1. The van der Waals surface area contributed by atoms with Crippen molar-refractivity contribution in [3.05, 3.63) is 10.1 Å². The van der Waals surface area contributed by atoms with Gasteiger partial charge >= 0.3 is 0 Å². The van der Waals surface area contributed by atoms with E-state index in [1.807, 2.05) is 6.92 Å². The first-order chi connectivity index (χ1) is 7.79. The van der Waals surface area contributed by atoms with E-state index < -0.39 is 16.5 Å². The van der Waals surface area contributed by atoms with E-state index in [-0.39, 0.29) is 10.8 Å². The molecule has 6 nitrogen and oxygen atoms in total. The van der Waals surface area contributed by atoms with Crippen LogP contribution in [0.4, 0.5) is 0 Å². The number of piperidine rings is 1. The lowest BCUT2D eigenvalue weighted by atomic mass is 9.65. The molecular formula is C11H17N3O3. The maximum absolute atomic E-state index is 11.9. The predicted molar refractivity (Wildman–Crippen MR) is 59.2 cm³/mol. The Morgan fingerprint density at radius 3 is 2.65 bits per heavy atom. The van der Waals surface area contributed by atoms with Crippen molar-refractivity contribution in [2.24, 2.45) is 22.5 Å². The Morgan fingerprint density at radius 1 is 1.53 bits per heavy atom. The Morgan fingerprint density at radius 2 is 2.18 bits per heavy atom. The number of hydrogen-bond donors (Lipinski definition) is 1. The van der Waals surface area contributed by atoms with E-state index >= 15 is 0 Å². The van der Waals surface area contributed by atoms with Gasteiger partial charge in [-0.1, -0.05) is 13.8 Å². The summed E-state index contributed by atoms with van der Waals surface area (Å²) in [4.78, 5) is 23.1. The largest absolute Gasteiger partial charge is 0.367 e. The van der Waals surface area contributed by atoms with Gasteiger partial charge < -0.3 is 5.73 Å². The van der Waals surface area contributed by atoms with Crippen molar-refractivity contribution in [1.29, 1.82) is 0 Å². The van der Waals surface area contributed by atoms with Crippen LogP contribution in [0.5, 0.6) is 0 Å². The summed E-state index contributed by atoms with van der Waals surface area (Å²) in [6.45, 7) is 4.44. The molecular weight excluding hydrogens is 222 g/mol. The standard InChI is InChI=1S/C11H17N3O3/c1-9-6-13(14(16)17)11(8(12)15)5-7(9)3-4-10(9,11)2/h7H,3-6H2,1-2H3,(H2,12,15)/t7-,9-,10+,11-/m1/s1. The van der Waals surface area contributed by atoms with Gasteiger partial charge in [0.2, 0.25) is 5.91 Å². The maximum Gasteiger partial charge on any atom is 0.249 e. The smallest absolute Gasteiger partial charge is 0.249 e. The molecule has 4 bridgehead atoms. The topological polar surface area (TPSA) is 89.5 Å². The first-order valence-electron chi connectivity index (χ1n) is 6.01. The van der Waals surface area contributed by atoms with Crippen molar-refractivity contribution in [2.75, 3.05) is 6.54 Å². The van der Waals surface area contributed by atoms with Crippen LogP contribution in [-0.4, -0.2) is 28.0 Å². The summed E-state index contributed by atoms with van der Waals surface area (Å²) in [7, 11) is 0. The summed E-state index contributed by atoms with van der Waals surface area (Å²) in [6, 6.07) is 0. The lowest BCUT2D eigenvalue weighted by molar-refractivity contribution is -0.671. The summed E-state index contributed by atoms with van der Waals surface area (Å²) in [6.07, 6.45) is 2.48. The highest BCUT2D eigenvalue weighted by Crippen LogP contribution is 2.75. The van der Waals surface area contributed by atoms with Crippen molar-refractivity contribution in [3.8, 4) is 0 Å². The lowest BCUT2D eigenvalue weighted by Gasteiger charge is -2.40. The van der Waals surface area contributed by atoms with Crippen LogP contribution in [0.2, 0.25) is 0 Å². The van der Waals surface area contributed by atoms with Gasteiger partial charge in [-0.25, -0.2) is 10.1 Å². The molecule has 1 saturated heterocycles. The number of carbonyl (C=O) groups is 1. The van der Waals surface area contributed by atoms with Gasteiger partial charge in [0.1, 0.15) is 0 Å². The van der Waals surface area contributed by atoms with E-state index in [1.165, 1.54) is 0 Å². The van der Waals surface area contributed by atoms with E-state index in [9.17, 15) is 14.9 Å². The molecule has 3 aliphatic rings. The van der Waals surface area contributed by atoms with E-state index in [0.29, 0.717) is 18.9 Å². The lowest BCUT2D eigenvalue weighted by Crippen LogP contribution is -2.63. The fraction of sp³-hybridized carbons (Fsp3) is 0.909. The minimum Gasteiger partial charge on any atom is -0.367 e. The van der Waals surface area contributed by atoms with Crippen LogP contribution in [0.1, 0.15) is 33.1 Å². The molecule has 4 atom stereocenters. The van der Waals surface area contributed by atoms with Gasteiger partial charge in [-0.15, -0.1) is 5.01 Å². The monoisotopic (exact) mass is 239 g/mol. The normalized spacial score (nSPS) is 50.9. The third kappa shape index (κ3) is 0.788. The number of hydrogen-bond acceptors (Lipinski definition) is 3. The molecule has 94 valence electrons. The van der Waals surface area contributed by atoms with Gasteiger partial charge in [0.15, 0.2) is 10.6 Å². The summed E-state index contributed by atoms with van der Waals surface area (Å²) in [5.74, 6) is -0.126. The zero-order valence-corrected chi connectivity index (χ0v) is 10.1. The molecule has 0 unspecified atom stereocenters. The second-order valence-corrected chi connectivity index (χ2v) is 6.21. The molecule has 2 aliphatic carbocycles. The minimum absolute atomic E-state index is 0.144. The second-order valence-electron chi connectivity index (χ2n) is 6.21. The van der Waals surface area contributed by atoms with Crippen LogP contribution in [0.15, 0.2) is 0 Å². The SMILES string of the molecule is C[C@@]12CC[C@@H]3C[C@]1(C(N)=O)N([N+](=O)[O-])C[C@]32C. The fourth-order valence-corrected chi connectivity index (χ4v) is 4.94. The molecule has 0 radical (unpaired) electrons. The summed E-state index contributed by atoms with van der Waals surface area (Å²) in [5, 5.41) is 11.9. The first-order valence-corrected chi connectivity index (χ1v) is 6.01. The molecule has 1 aliphatic heterocycles. The molecule has 0 aromatic heterocycles. The molecule has 3 fully saturated rings. The van der Waals surface area contributed by atoms with Crippen molar-refractivity contribution >= 4 is 5.91 Å². The van der Waals surface area contributed by atoms with Gasteiger partial charge in [0, 0.05) is 10.8 Å². The van der Waals surface area contributed by atoms with Crippen LogP contribution in [-0.2, 0) is 4.79 Å². The zero-order chi connectivity index (χ0) is 12.6. The van der Waals surface area contributed by atoms with Crippen molar-refractivity contribution < 1.29 is 9.83 Å². The highest BCUT2D eigenvalue weighted by molar-refractivity contribution is 5.87. The Balaban J connectivity index is 2.21. The quantitative estimate of drug-likeness (QED) is 0.562. The Hall–Kier alpha value is -1.33. The van der Waals surface area contributed by atoms with E-state index in [2.05, 4.69) is 6.92 Å². The number of primary amides is 1. The van der Waals surface area contributed by atoms with Crippen LogP contribution in [0.25, 0.3) is 0 Å². The number of nitro groups is 1. The van der Waals surface area contributed by atoms with Crippen molar-refractivity contribution in [1.82, 2.24) is 5.01 Å². The predicted octanol–water partition coefficient (Wildman–Crippen LogP) is 0.544. The molecule has 0 spiro atoms. The van der Waals surface area contributed by atoms with Crippen LogP contribution in [0, 0.1) is 26.9 Å². The summed E-state index contributed by atoms with van der Waals surface area (Å²) >= 11 is 0. The van der Waals surface area contributed by atoms with Crippen molar-refractivity contribution in [2.45, 2.75) is 38.6 Å². The number of rotatable bonds is 2. The number of nitrogens with zero attached hydrogens (tertiary/aromatic N) is 2. The first kappa shape index (κ1) is 10.8. The number of amides is 1. The van der Waals surface area contributed by atoms with Gasteiger partial charge in [0.05, 0.1) is 6.54 Å². The highest BCUT2D eigenvalue weighted by Gasteiger charge is 2.83. The molecule has 0 aromatic rings. The molecule has 2 N–H and O–H groups in total. The molecule has 3 rings (SSSR count). The Kier molecular flexibility index (Phi) is 1.63. The van der Waals surface area contributed by atoms with Gasteiger partial charge in [0.25, 0.3) is 0 Å². The van der Waals surface area contributed by atoms with Gasteiger partial charge in [-0.3, -0.25) is 4.79 Å². The van der Waals surface area contributed by atoms with E-state index in [1.54, 1.807) is 0 Å². The fourth-order valence-electron chi connectivity index (χ4n) is 4.94. The highest BCUT2D eigenvalue weighted by atomic mass is 16.7. The zero-order valence-electron chi connectivity index (χ0n) is 10.1.